The largest absolute Gasteiger partial charge is 0.496 e. The van der Waals surface area contributed by atoms with E-state index in [9.17, 15) is 0 Å². The average Bonchev–Trinajstić information content (AvgIpc) is 2.66. The topological polar surface area (TPSA) is 59.1 Å². The highest BCUT2D eigenvalue weighted by atomic mass is 16.5. The molecule has 2 N–H and O–H groups in total. The molecule has 0 aliphatic heterocycles. The van der Waals surface area contributed by atoms with Crippen molar-refractivity contribution in [3.63, 3.8) is 0 Å². The Morgan fingerprint density at radius 3 is 2.52 bits per heavy atom. The molecule has 1 aromatic heterocycles. The molecule has 0 aliphatic carbocycles. The van der Waals surface area contributed by atoms with Crippen molar-refractivity contribution < 1.29 is 4.74 Å². The molecule has 0 radical (unpaired) electrons. The Bertz CT molecular complexity index is 818. The van der Waals surface area contributed by atoms with E-state index in [0.29, 0.717) is 12.5 Å². The van der Waals surface area contributed by atoms with Gasteiger partial charge in [-0.15, -0.1) is 0 Å². The van der Waals surface area contributed by atoms with Gasteiger partial charge in [0.25, 0.3) is 0 Å². The van der Waals surface area contributed by atoms with Gasteiger partial charge in [-0.1, -0.05) is 48.0 Å². The van der Waals surface area contributed by atoms with E-state index < -0.39 is 0 Å². The Labute approximate surface area is 148 Å². The number of rotatable bonds is 7. The molecule has 0 saturated carbocycles. The summed E-state index contributed by atoms with van der Waals surface area (Å²) in [6.07, 6.45) is 1.75. The summed E-state index contributed by atoms with van der Waals surface area (Å²) in [5.74, 6) is 2.22. The molecule has 0 fully saturated rings. The third-order valence-corrected chi connectivity index (χ3v) is 3.88. The molecular formula is C20H22N4O. The Kier molecular flexibility index (Phi) is 5.46. The van der Waals surface area contributed by atoms with Gasteiger partial charge in [-0.25, -0.2) is 4.98 Å². The van der Waals surface area contributed by atoms with Gasteiger partial charge in [0.2, 0.25) is 5.95 Å². The van der Waals surface area contributed by atoms with E-state index in [0.717, 1.165) is 23.7 Å². The molecule has 0 aliphatic rings. The normalized spacial score (nSPS) is 10.3. The van der Waals surface area contributed by atoms with Gasteiger partial charge in [0.1, 0.15) is 11.6 Å². The lowest BCUT2D eigenvalue weighted by Gasteiger charge is -2.11. The molecule has 25 heavy (non-hydrogen) atoms. The van der Waals surface area contributed by atoms with Crippen molar-refractivity contribution in [2.45, 2.75) is 20.0 Å². The summed E-state index contributed by atoms with van der Waals surface area (Å²) in [6.45, 7) is 3.41. The number of benzene rings is 2. The van der Waals surface area contributed by atoms with Gasteiger partial charge in [-0.3, -0.25) is 0 Å². The van der Waals surface area contributed by atoms with E-state index in [1.54, 1.807) is 13.3 Å². The summed E-state index contributed by atoms with van der Waals surface area (Å²) >= 11 is 0. The van der Waals surface area contributed by atoms with E-state index in [1.165, 1.54) is 11.1 Å². The van der Waals surface area contributed by atoms with Crippen LogP contribution in [0.15, 0.2) is 60.8 Å². The molecule has 0 atom stereocenters. The van der Waals surface area contributed by atoms with Crippen LogP contribution in [0, 0.1) is 6.92 Å². The van der Waals surface area contributed by atoms with Crippen LogP contribution in [0.3, 0.4) is 0 Å². The third kappa shape index (κ3) is 4.70. The second-order valence-corrected chi connectivity index (χ2v) is 5.77. The van der Waals surface area contributed by atoms with Gasteiger partial charge in [0.05, 0.1) is 7.11 Å². The van der Waals surface area contributed by atoms with E-state index in [1.807, 2.05) is 30.3 Å². The zero-order chi connectivity index (χ0) is 17.5. The highest BCUT2D eigenvalue weighted by Crippen LogP contribution is 2.18. The minimum atomic E-state index is 0.583. The second kappa shape index (κ2) is 8.15. The van der Waals surface area contributed by atoms with E-state index >= 15 is 0 Å². The van der Waals surface area contributed by atoms with Gasteiger partial charge in [0, 0.05) is 24.8 Å². The first kappa shape index (κ1) is 16.8. The molecule has 0 amide bonds. The van der Waals surface area contributed by atoms with Crippen LogP contribution in [0.2, 0.25) is 0 Å². The number of para-hydroxylation sites is 1. The fourth-order valence-corrected chi connectivity index (χ4v) is 2.46. The van der Waals surface area contributed by atoms with Crippen molar-refractivity contribution in [1.82, 2.24) is 9.97 Å². The Morgan fingerprint density at radius 1 is 0.920 bits per heavy atom. The number of hydrogen-bond acceptors (Lipinski definition) is 5. The average molecular weight is 334 g/mol. The smallest absolute Gasteiger partial charge is 0.224 e. The van der Waals surface area contributed by atoms with Gasteiger partial charge < -0.3 is 15.4 Å². The van der Waals surface area contributed by atoms with E-state index in [4.69, 9.17) is 4.74 Å². The Morgan fingerprint density at radius 2 is 1.72 bits per heavy atom. The second-order valence-electron chi connectivity index (χ2n) is 5.77. The minimum absolute atomic E-state index is 0.583. The summed E-state index contributed by atoms with van der Waals surface area (Å²) in [5.41, 5.74) is 3.54. The third-order valence-electron chi connectivity index (χ3n) is 3.88. The van der Waals surface area contributed by atoms with Crippen LogP contribution in [0.5, 0.6) is 5.75 Å². The van der Waals surface area contributed by atoms with Crippen molar-refractivity contribution in [1.29, 1.82) is 0 Å². The lowest BCUT2D eigenvalue weighted by molar-refractivity contribution is 0.410. The molecule has 3 aromatic rings. The van der Waals surface area contributed by atoms with Crippen molar-refractivity contribution in [2.75, 3.05) is 17.7 Å². The zero-order valence-corrected chi connectivity index (χ0v) is 14.5. The van der Waals surface area contributed by atoms with Crippen molar-refractivity contribution in [3.8, 4) is 5.75 Å². The predicted octanol–water partition coefficient (Wildman–Crippen LogP) is 4.02. The molecule has 0 unspecified atom stereocenters. The highest BCUT2D eigenvalue weighted by molar-refractivity contribution is 5.42. The number of aromatic nitrogens is 2. The van der Waals surface area contributed by atoms with Crippen LogP contribution in [0.25, 0.3) is 0 Å². The fourth-order valence-electron chi connectivity index (χ4n) is 2.46. The summed E-state index contributed by atoms with van der Waals surface area (Å²) < 4.78 is 5.36. The number of nitrogens with zero attached hydrogens (tertiary/aromatic N) is 2. The van der Waals surface area contributed by atoms with Crippen LogP contribution in [-0.2, 0) is 13.1 Å². The van der Waals surface area contributed by atoms with E-state index in [2.05, 4.69) is 51.8 Å². The number of ether oxygens (including phenoxy) is 1. The number of hydrogen-bond donors (Lipinski definition) is 2. The molecule has 0 saturated heterocycles. The number of aryl methyl sites for hydroxylation is 1. The summed E-state index contributed by atoms with van der Waals surface area (Å²) in [7, 11) is 1.67. The summed E-state index contributed by atoms with van der Waals surface area (Å²) in [4.78, 5) is 8.78. The standard InChI is InChI=1S/C20H22N4O/c1-15-7-9-16(10-8-15)13-22-19-11-12-21-20(24-19)23-14-17-5-3-4-6-18(17)25-2/h3-12H,13-14H2,1-2H3,(H2,21,22,23,24). The van der Waals surface area contributed by atoms with Crippen molar-refractivity contribution >= 4 is 11.8 Å². The number of nitrogens with one attached hydrogen (secondary N) is 2. The van der Waals surface area contributed by atoms with Crippen LogP contribution in [-0.4, -0.2) is 17.1 Å². The van der Waals surface area contributed by atoms with E-state index in [-0.39, 0.29) is 0 Å². The number of methoxy groups -OCH3 is 1. The first-order valence-corrected chi connectivity index (χ1v) is 8.23. The Balaban J connectivity index is 1.60. The molecule has 5 heteroatoms. The first-order chi connectivity index (χ1) is 12.2. The van der Waals surface area contributed by atoms with Crippen LogP contribution in [0.4, 0.5) is 11.8 Å². The van der Waals surface area contributed by atoms with Gasteiger partial charge in [0.15, 0.2) is 0 Å². The van der Waals surface area contributed by atoms with Crippen LogP contribution in [0.1, 0.15) is 16.7 Å². The molecule has 1 heterocycles. The van der Waals surface area contributed by atoms with Crippen LogP contribution < -0.4 is 15.4 Å². The molecule has 3 rings (SSSR count). The molecule has 0 spiro atoms. The SMILES string of the molecule is COc1ccccc1CNc1nccc(NCc2ccc(C)cc2)n1. The fraction of sp³-hybridized carbons (Fsp3) is 0.200. The minimum Gasteiger partial charge on any atom is -0.496 e. The molecular weight excluding hydrogens is 312 g/mol. The maximum Gasteiger partial charge on any atom is 0.224 e. The lowest BCUT2D eigenvalue weighted by atomic mass is 10.1. The molecule has 0 bridgehead atoms. The van der Waals surface area contributed by atoms with Crippen molar-refractivity contribution in [2.24, 2.45) is 0 Å². The first-order valence-electron chi connectivity index (χ1n) is 8.23. The molecule has 5 nitrogen and oxygen atoms in total. The summed E-state index contributed by atoms with van der Waals surface area (Å²) in [5, 5.41) is 6.57. The quantitative estimate of drug-likeness (QED) is 0.683. The lowest BCUT2D eigenvalue weighted by Crippen LogP contribution is -2.07. The molecule has 128 valence electrons. The van der Waals surface area contributed by atoms with Crippen molar-refractivity contribution in [3.05, 3.63) is 77.5 Å². The maximum atomic E-state index is 5.36. The van der Waals surface area contributed by atoms with Gasteiger partial charge >= 0.3 is 0 Å². The zero-order valence-electron chi connectivity index (χ0n) is 14.5. The highest BCUT2D eigenvalue weighted by Gasteiger charge is 2.03. The molecule has 2 aromatic carbocycles. The Hall–Kier alpha value is -3.08. The predicted molar refractivity (Wildman–Crippen MR) is 101 cm³/mol. The van der Waals surface area contributed by atoms with Gasteiger partial charge in [-0.2, -0.15) is 4.98 Å². The number of anilines is 2. The maximum absolute atomic E-state index is 5.36. The van der Waals surface area contributed by atoms with Crippen LogP contribution >= 0.6 is 0 Å². The summed E-state index contributed by atoms with van der Waals surface area (Å²) in [6, 6.07) is 18.2. The van der Waals surface area contributed by atoms with Gasteiger partial charge in [-0.05, 0) is 24.6 Å². The monoisotopic (exact) mass is 334 g/mol.